The summed E-state index contributed by atoms with van der Waals surface area (Å²) in [5.41, 5.74) is 0.748. The van der Waals surface area contributed by atoms with E-state index in [1.165, 1.54) is 17.0 Å². The molecule has 3 atom stereocenters. The monoisotopic (exact) mass is 497 g/mol. The normalized spacial score (nSPS) is 19.5. The predicted molar refractivity (Wildman–Crippen MR) is 124 cm³/mol. The van der Waals surface area contributed by atoms with Crippen LogP contribution in [0.2, 0.25) is 0 Å². The predicted octanol–water partition coefficient (Wildman–Crippen LogP) is 1.98. The molecule has 34 heavy (non-hydrogen) atoms. The molecule has 1 aliphatic rings. The zero-order valence-electron chi connectivity index (χ0n) is 20.1. The number of nitrogens with one attached hydrogen (secondary N) is 2. The minimum absolute atomic E-state index is 0.0411. The van der Waals surface area contributed by atoms with Gasteiger partial charge in [-0.25, -0.2) is 23.4 Å². The number of rotatable bonds is 10. The molecule has 0 aromatic heterocycles. The van der Waals surface area contributed by atoms with Crippen molar-refractivity contribution >= 4 is 27.8 Å². The number of benzene rings is 1. The lowest BCUT2D eigenvalue weighted by molar-refractivity contribution is -0.164. The van der Waals surface area contributed by atoms with E-state index in [1.807, 2.05) is 6.92 Å². The van der Waals surface area contributed by atoms with Crippen molar-refractivity contribution in [3.05, 3.63) is 30.3 Å². The number of hydroxylamine groups is 1. The zero-order chi connectivity index (χ0) is 25.5. The Bertz CT molecular complexity index is 961. The van der Waals surface area contributed by atoms with Gasteiger partial charge in [0.2, 0.25) is 21.8 Å². The summed E-state index contributed by atoms with van der Waals surface area (Å²) in [6.45, 7) is 7.02. The molecule has 1 aliphatic heterocycles. The Morgan fingerprint density at radius 2 is 1.85 bits per heavy atom. The van der Waals surface area contributed by atoms with Gasteiger partial charge < -0.3 is 9.64 Å². The highest BCUT2D eigenvalue weighted by molar-refractivity contribution is 7.89. The summed E-state index contributed by atoms with van der Waals surface area (Å²) in [4.78, 5) is 39.6. The zero-order valence-corrected chi connectivity index (χ0v) is 20.9. The second-order valence-corrected chi connectivity index (χ2v) is 11.2. The largest absolute Gasteiger partial charge is 0.458 e. The van der Waals surface area contributed by atoms with Gasteiger partial charge in [0.05, 0.1) is 4.90 Å². The number of hydrogen-bond acceptors (Lipinski definition) is 7. The van der Waals surface area contributed by atoms with E-state index in [-0.39, 0.29) is 24.3 Å². The third-order valence-corrected chi connectivity index (χ3v) is 6.99. The third kappa shape index (κ3) is 7.78. The van der Waals surface area contributed by atoms with Crippen LogP contribution in [0.15, 0.2) is 35.2 Å². The Balaban J connectivity index is 2.30. The first-order valence-corrected chi connectivity index (χ1v) is 12.9. The maximum absolute atomic E-state index is 13.4. The van der Waals surface area contributed by atoms with Crippen LogP contribution in [-0.2, 0) is 29.1 Å². The number of unbranched alkanes of at least 4 members (excludes halogenated alkanes) is 1. The summed E-state index contributed by atoms with van der Waals surface area (Å²) in [5.74, 6) is -2.55. The van der Waals surface area contributed by atoms with Gasteiger partial charge in [0.1, 0.15) is 11.6 Å². The van der Waals surface area contributed by atoms with Crippen LogP contribution in [0.5, 0.6) is 0 Å². The quantitative estimate of drug-likeness (QED) is 0.255. The van der Waals surface area contributed by atoms with Gasteiger partial charge in [0, 0.05) is 24.9 Å². The molecule has 1 aromatic rings. The maximum Gasteiger partial charge on any atom is 0.329 e. The van der Waals surface area contributed by atoms with E-state index >= 15 is 0 Å². The number of esters is 1. The van der Waals surface area contributed by atoms with Crippen molar-refractivity contribution in [2.24, 2.45) is 5.92 Å². The first-order valence-electron chi connectivity index (χ1n) is 11.4. The molecule has 3 N–H and O–H groups in total. The first kappa shape index (κ1) is 27.7. The number of likely N-dealkylation sites (tertiary alicyclic amines) is 1. The van der Waals surface area contributed by atoms with Crippen molar-refractivity contribution in [1.29, 1.82) is 0 Å². The molecule has 1 heterocycles. The van der Waals surface area contributed by atoms with E-state index in [0.29, 0.717) is 12.8 Å². The fraction of sp³-hybridized carbons (Fsp3) is 0.609. The Hall–Kier alpha value is -2.50. The minimum atomic E-state index is -3.87. The molecule has 0 spiro atoms. The van der Waals surface area contributed by atoms with E-state index < -0.39 is 51.4 Å². The van der Waals surface area contributed by atoms with Crippen LogP contribution < -0.4 is 10.2 Å². The average Bonchev–Trinajstić information content (AvgIpc) is 3.18. The van der Waals surface area contributed by atoms with Crippen LogP contribution >= 0.6 is 0 Å². The van der Waals surface area contributed by atoms with Gasteiger partial charge >= 0.3 is 5.97 Å². The van der Waals surface area contributed by atoms with Gasteiger partial charge in [-0.1, -0.05) is 38.0 Å². The number of carbonyl (C=O) groups is 3. The topological polar surface area (TPSA) is 142 Å². The molecule has 1 aromatic carbocycles. The SMILES string of the molecule is CCCCC(CC(=O)NO)C(=O)N1CC(NS(=O)(=O)c2ccccc2)CC1C(=O)OC(C)(C)C. The molecule has 10 nitrogen and oxygen atoms in total. The van der Waals surface area contributed by atoms with Crippen molar-refractivity contribution in [2.75, 3.05) is 6.54 Å². The lowest BCUT2D eigenvalue weighted by atomic mass is 9.96. The molecular weight excluding hydrogens is 462 g/mol. The molecule has 11 heteroatoms. The van der Waals surface area contributed by atoms with Gasteiger partial charge in [-0.05, 0) is 45.7 Å². The molecular formula is C23H35N3O7S. The van der Waals surface area contributed by atoms with E-state index in [1.54, 1.807) is 44.5 Å². The summed E-state index contributed by atoms with van der Waals surface area (Å²) in [5, 5.41) is 8.93. The highest BCUT2D eigenvalue weighted by Gasteiger charge is 2.44. The van der Waals surface area contributed by atoms with E-state index in [0.717, 1.165) is 6.42 Å². The van der Waals surface area contributed by atoms with Gasteiger partial charge in [0.25, 0.3) is 0 Å². The molecule has 0 radical (unpaired) electrons. The van der Waals surface area contributed by atoms with Gasteiger partial charge in [0.15, 0.2) is 0 Å². The fourth-order valence-corrected chi connectivity index (χ4v) is 5.17. The molecule has 1 saturated heterocycles. The van der Waals surface area contributed by atoms with E-state index in [2.05, 4.69) is 4.72 Å². The molecule has 0 aliphatic carbocycles. The first-order chi connectivity index (χ1) is 15.9. The van der Waals surface area contributed by atoms with Crippen LogP contribution in [0.4, 0.5) is 0 Å². The summed E-state index contributed by atoms with van der Waals surface area (Å²) in [7, 11) is -3.87. The minimum Gasteiger partial charge on any atom is -0.458 e. The molecule has 0 bridgehead atoms. The van der Waals surface area contributed by atoms with Crippen molar-refractivity contribution in [2.45, 2.75) is 82.4 Å². The number of nitrogens with zero attached hydrogens (tertiary/aromatic N) is 1. The second kappa shape index (κ2) is 11.8. The van der Waals surface area contributed by atoms with Crippen LogP contribution in [0.25, 0.3) is 0 Å². The third-order valence-electron chi connectivity index (χ3n) is 5.45. The Morgan fingerprint density at radius 3 is 2.41 bits per heavy atom. The summed E-state index contributed by atoms with van der Waals surface area (Å²) < 4.78 is 33.7. The summed E-state index contributed by atoms with van der Waals surface area (Å²) in [6, 6.07) is 6.11. The van der Waals surface area contributed by atoms with Crippen LogP contribution in [0.3, 0.4) is 0 Å². The standard InChI is InChI=1S/C23H35N3O7S/c1-5-6-10-16(13-20(27)24-30)21(28)26-15-17(14-19(26)22(29)33-23(2,3)4)25-34(31,32)18-11-8-7-9-12-18/h7-9,11-12,16-17,19,25,30H,5-6,10,13-15H2,1-4H3,(H,24,27). The Morgan fingerprint density at radius 1 is 1.21 bits per heavy atom. The molecule has 190 valence electrons. The number of sulfonamides is 1. The Labute approximate surface area is 201 Å². The van der Waals surface area contributed by atoms with Gasteiger partial charge in [-0.15, -0.1) is 0 Å². The molecule has 0 saturated carbocycles. The Kier molecular flexibility index (Phi) is 9.60. The highest BCUT2D eigenvalue weighted by Crippen LogP contribution is 2.27. The number of ether oxygens (including phenoxy) is 1. The number of amides is 2. The molecule has 2 rings (SSSR count). The maximum atomic E-state index is 13.4. The van der Waals surface area contributed by atoms with Crippen molar-refractivity contribution in [3.8, 4) is 0 Å². The van der Waals surface area contributed by atoms with Crippen LogP contribution in [0, 0.1) is 5.92 Å². The van der Waals surface area contributed by atoms with E-state index in [4.69, 9.17) is 9.94 Å². The molecule has 2 amide bonds. The second-order valence-electron chi connectivity index (χ2n) is 9.49. The lowest BCUT2D eigenvalue weighted by Crippen LogP contribution is -2.47. The van der Waals surface area contributed by atoms with Crippen molar-refractivity contribution in [3.63, 3.8) is 0 Å². The van der Waals surface area contributed by atoms with Crippen molar-refractivity contribution < 1.29 is 32.7 Å². The molecule has 1 fully saturated rings. The lowest BCUT2D eigenvalue weighted by Gasteiger charge is -2.29. The molecule has 3 unspecified atom stereocenters. The van der Waals surface area contributed by atoms with E-state index in [9.17, 15) is 22.8 Å². The smallest absolute Gasteiger partial charge is 0.329 e. The number of hydrogen-bond donors (Lipinski definition) is 3. The van der Waals surface area contributed by atoms with Crippen LogP contribution in [-0.4, -0.2) is 60.5 Å². The fourth-order valence-electron chi connectivity index (χ4n) is 3.91. The summed E-state index contributed by atoms with van der Waals surface area (Å²) in [6.07, 6.45) is 1.65. The van der Waals surface area contributed by atoms with Crippen LogP contribution in [0.1, 0.15) is 59.8 Å². The number of carbonyl (C=O) groups excluding carboxylic acids is 3. The summed E-state index contributed by atoms with van der Waals surface area (Å²) >= 11 is 0. The van der Waals surface area contributed by atoms with Gasteiger partial charge in [-0.2, -0.15) is 0 Å². The van der Waals surface area contributed by atoms with Gasteiger partial charge in [-0.3, -0.25) is 14.8 Å². The average molecular weight is 498 g/mol. The highest BCUT2D eigenvalue weighted by atomic mass is 32.2. The van der Waals surface area contributed by atoms with Crippen molar-refractivity contribution in [1.82, 2.24) is 15.1 Å².